The molecular weight excluding hydrogens is 454 g/mol. The number of para-hydroxylation sites is 2. The third-order valence-corrected chi connectivity index (χ3v) is 6.10. The maximum Gasteiger partial charge on any atom is 0.270 e. The number of methoxy groups -OCH3 is 1. The number of hydrogen-bond acceptors (Lipinski definition) is 6. The minimum Gasteiger partial charge on any atom is -0.495 e. The van der Waals surface area contributed by atoms with Crippen LogP contribution < -0.4 is 24.4 Å². The van der Waals surface area contributed by atoms with Crippen molar-refractivity contribution < 1.29 is 23.8 Å². The number of carbonyl (C=O) groups is 2. The summed E-state index contributed by atoms with van der Waals surface area (Å²) in [6.45, 7) is 4.08. The molecule has 0 radical (unpaired) electrons. The number of amides is 2. The molecule has 0 bridgehead atoms. The number of carbonyl (C=O) groups excluding carboxylic acids is 2. The molecule has 1 N–H and O–H groups in total. The molecule has 8 nitrogen and oxygen atoms in total. The van der Waals surface area contributed by atoms with Crippen LogP contribution in [0.2, 0.25) is 0 Å². The van der Waals surface area contributed by atoms with Gasteiger partial charge in [0.25, 0.3) is 11.8 Å². The largest absolute Gasteiger partial charge is 0.495 e. The fourth-order valence-corrected chi connectivity index (χ4v) is 4.48. The van der Waals surface area contributed by atoms with E-state index in [1.54, 1.807) is 30.3 Å². The summed E-state index contributed by atoms with van der Waals surface area (Å²) >= 11 is 5.31. The van der Waals surface area contributed by atoms with Crippen molar-refractivity contribution in [1.29, 1.82) is 0 Å². The van der Waals surface area contributed by atoms with E-state index in [2.05, 4.69) is 5.32 Å². The van der Waals surface area contributed by atoms with Crippen LogP contribution in [0.15, 0.2) is 54.1 Å². The smallest absolute Gasteiger partial charge is 0.270 e. The Morgan fingerprint density at radius 3 is 2.62 bits per heavy atom. The van der Waals surface area contributed by atoms with Gasteiger partial charge in [0, 0.05) is 23.1 Å². The third kappa shape index (κ3) is 3.50. The van der Waals surface area contributed by atoms with Gasteiger partial charge in [-0.25, -0.2) is 4.90 Å². The minimum atomic E-state index is -0.547. The van der Waals surface area contributed by atoms with Crippen LogP contribution in [0.3, 0.4) is 0 Å². The van der Waals surface area contributed by atoms with Crippen LogP contribution in [-0.4, -0.2) is 35.4 Å². The lowest BCUT2D eigenvalue weighted by Gasteiger charge is -2.29. The fraction of sp³-hybridized carbons (Fsp3) is 0.160. The number of thiocarbonyl (C=S) groups is 1. The Labute approximate surface area is 201 Å². The lowest BCUT2D eigenvalue weighted by molar-refractivity contribution is -0.122. The van der Waals surface area contributed by atoms with Crippen molar-refractivity contribution in [1.82, 2.24) is 9.88 Å². The molecule has 0 unspecified atom stereocenters. The van der Waals surface area contributed by atoms with Crippen molar-refractivity contribution in [3.8, 4) is 22.9 Å². The molecule has 9 heteroatoms. The second kappa shape index (κ2) is 8.35. The van der Waals surface area contributed by atoms with E-state index in [0.29, 0.717) is 22.9 Å². The third-order valence-electron chi connectivity index (χ3n) is 5.81. The highest BCUT2D eigenvalue weighted by molar-refractivity contribution is 7.80. The van der Waals surface area contributed by atoms with E-state index in [4.69, 9.17) is 26.4 Å². The Kier molecular flexibility index (Phi) is 5.33. The summed E-state index contributed by atoms with van der Waals surface area (Å²) < 4.78 is 18.3. The number of aromatic nitrogens is 1. The molecule has 1 fully saturated rings. The summed E-state index contributed by atoms with van der Waals surface area (Å²) in [5.41, 5.74) is 3.86. The molecule has 2 aliphatic heterocycles. The van der Waals surface area contributed by atoms with Gasteiger partial charge in [0.05, 0.1) is 12.8 Å². The van der Waals surface area contributed by atoms with E-state index in [9.17, 15) is 9.59 Å². The van der Waals surface area contributed by atoms with Gasteiger partial charge in [-0.3, -0.25) is 14.9 Å². The molecule has 3 heterocycles. The van der Waals surface area contributed by atoms with Gasteiger partial charge in [-0.2, -0.15) is 0 Å². The average Bonchev–Trinajstić information content (AvgIpc) is 3.39. The highest BCUT2D eigenvalue weighted by atomic mass is 32.1. The van der Waals surface area contributed by atoms with Gasteiger partial charge in [-0.15, -0.1) is 0 Å². The minimum absolute atomic E-state index is 0.00230. The number of aryl methyl sites for hydroxylation is 1. The van der Waals surface area contributed by atoms with Gasteiger partial charge in [-0.1, -0.05) is 12.1 Å². The molecule has 2 aliphatic rings. The van der Waals surface area contributed by atoms with Gasteiger partial charge >= 0.3 is 0 Å². The van der Waals surface area contributed by atoms with Gasteiger partial charge in [0.2, 0.25) is 6.79 Å². The number of benzene rings is 2. The van der Waals surface area contributed by atoms with Crippen LogP contribution in [0, 0.1) is 13.8 Å². The van der Waals surface area contributed by atoms with Crippen molar-refractivity contribution in [2.24, 2.45) is 0 Å². The first-order chi connectivity index (χ1) is 16.4. The first-order valence-corrected chi connectivity index (χ1v) is 10.9. The fourth-order valence-electron chi connectivity index (χ4n) is 4.20. The molecule has 1 aromatic heterocycles. The van der Waals surface area contributed by atoms with Crippen molar-refractivity contribution in [3.63, 3.8) is 0 Å². The van der Waals surface area contributed by atoms with E-state index in [1.165, 1.54) is 12.0 Å². The van der Waals surface area contributed by atoms with Crippen LogP contribution >= 0.6 is 12.2 Å². The normalized spacial score (nSPS) is 16.3. The first kappa shape index (κ1) is 21.7. The summed E-state index contributed by atoms with van der Waals surface area (Å²) in [5, 5.41) is 2.62. The molecule has 0 aliphatic carbocycles. The summed E-state index contributed by atoms with van der Waals surface area (Å²) in [6.07, 6.45) is 1.59. The number of nitrogens with one attached hydrogen (secondary N) is 1. The van der Waals surface area contributed by atoms with Gasteiger partial charge in [-0.05, 0) is 68.0 Å². The average molecular weight is 476 g/mol. The summed E-state index contributed by atoms with van der Waals surface area (Å²) in [7, 11) is 1.51. The second-order valence-electron chi connectivity index (χ2n) is 7.83. The van der Waals surface area contributed by atoms with Gasteiger partial charge < -0.3 is 18.8 Å². The van der Waals surface area contributed by atoms with E-state index < -0.39 is 11.8 Å². The van der Waals surface area contributed by atoms with Gasteiger partial charge in [0.1, 0.15) is 11.3 Å². The molecule has 0 spiro atoms. The van der Waals surface area contributed by atoms with Crippen molar-refractivity contribution in [2.45, 2.75) is 13.8 Å². The molecule has 172 valence electrons. The van der Waals surface area contributed by atoms with Crippen molar-refractivity contribution in [2.75, 3.05) is 18.8 Å². The van der Waals surface area contributed by atoms with Crippen LogP contribution in [0.25, 0.3) is 11.8 Å². The zero-order valence-electron chi connectivity index (χ0n) is 18.7. The van der Waals surface area contributed by atoms with Crippen LogP contribution in [0.1, 0.15) is 17.0 Å². The predicted molar refractivity (Wildman–Crippen MR) is 131 cm³/mol. The Bertz CT molecular complexity index is 1390. The molecule has 1 saturated heterocycles. The van der Waals surface area contributed by atoms with E-state index >= 15 is 0 Å². The molecule has 34 heavy (non-hydrogen) atoms. The standard InChI is InChI=1S/C25H21N3O5S/c1-14-10-16(15(2)27(14)17-8-9-21-22(12-17)33-13-32-21)11-18-23(29)26-25(34)28(24(18)30)19-6-4-5-7-20(19)31-3/h4-12H,13H2,1-3H3,(H,26,29,34)/b18-11+. The highest BCUT2D eigenvalue weighted by Gasteiger charge is 2.36. The first-order valence-electron chi connectivity index (χ1n) is 10.5. The van der Waals surface area contributed by atoms with E-state index in [0.717, 1.165) is 22.6 Å². The predicted octanol–water partition coefficient (Wildman–Crippen LogP) is 3.66. The molecule has 0 atom stereocenters. The zero-order chi connectivity index (χ0) is 24.0. The summed E-state index contributed by atoms with van der Waals surface area (Å²) in [5.74, 6) is 0.771. The van der Waals surface area contributed by atoms with Crippen LogP contribution in [0.4, 0.5) is 5.69 Å². The summed E-state index contributed by atoms with van der Waals surface area (Å²) in [6, 6.07) is 14.6. The Morgan fingerprint density at radius 1 is 1.06 bits per heavy atom. The molecule has 0 saturated carbocycles. The number of ether oxygens (including phenoxy) is 3. The number of anilines is 1. The Hall–Kier alpha value is -4.11. The van der Waals surface area contributed by atoms with Gasteiger partial charge in [0.15, 0.2) is 16.6 Å². The Morgan fingerprint density at radius 2 is 1.82 bits per heavy atom. The maximum atomic E-state index is 13.4. The second-order valence-corrected chi connectivity index (χ2v) is 8.22. The van der Waals surface area contributed by atoms with Crippen molar-refractivity contribution in [3.05, 3.63) is 71.1 Å². The monoisotopic (exact) mass is 475 g/mol. The molecular formula is C25H21N3O5S. The highest BCUT2D eigenvalue weighted by Crippen LogP contribution is 2.35. The number of hydrogen-bond donors (Lipinski definition) is 1. The SMILES string of the molecule is COc1ccccc1N1C(=O)/C(=C/c2cc(C)n(-c3ccc4c(c3)OCO4)c2C)C(=O)NC1=S. The summed E-state index contributed by atoms with van der Waals surface area (Å²) in [4.78, 5) is 27.5. The van der Waals surface area contributed by atoms with Crippen molar-refractivity contribution >= 4 is 40.9 Å². The van der Waals surface area contributed by atoms with Crippen LogP contribution in [0.5, 0.6) is 17.2 Å². The lowest BCUT2D eigenvalue weighted by Crippen LogP contribution is -2.54. The Balaban J connectivity index is 1.55. The maximum absolute atomic E-state index is 13.4. The molecule has 3 aromatic rings. The van der Waals surface area contributed by atoms with E-state index in [-0.39, 0.29) is 17.5 Å². The van der Waals surface area contributed by atoms with Crippen LogP contribution in [-0.2, 0) is 9.59 Å². The number of nitrogens with zero attached hydrogens (tertiary/aromatic N) is 2. The quantitative estimate of drug-likeness (QED) is 0.352. The number of rotatable bonds is 4. The molecule has 2 aromatic carbocycles. The lowest BCUT2D eigenvalue weighted by atomic mass is 10.1. The van der Waals surface area contributed by atoms with E-state index in [1.807, 2.05) is 42.7 Å². The topological polar surface area (TPSA) is 82.0 Å². The number of fused-ring (bicyclic) bond motifs is 1. The molecule has 2 amide bonds. The zero-order valence-corrected chi connectivity index (χ0v) is 19.6. The molecule has 5 rings (SSSR count).